The van der Waals surface area contributed by atoms with Crippen LogP contribution in [0.1, 0.15) is 34.7 Å². The smallest absolute Gasteiger partial charge is 0.260 e. The number of aromatic nitrogens is 2. The molecule has 0 radical (unpaired) electrons. The topological polar surface area (TPSA) is 58.2 Å². The highest BCUT2D eigenvalue weighted by atomic mass is 32.1. The van der Waals surface area contributed by atoms with Gasteiger partial charge in [0.15, 0.2) is 0 Å². The van der Waals surface area contributed by atoms with Crippen LogP contribution in [0.5, 0.6) is 5.75 Å². The van der Waals surface area contributed by atoms with Crippen molar-refractivity contribution in [2.45, 2.75) is 45.8 Å². The molecule has 1 aliphatic rings. The van der Waals surface area contributed by atoms with Gasteiger partial charge in [0.25, 0.3) is 5.56 Å². The van der Waals surface area contributed by atoms with Crippen molar-refractivity contribution in [3.05, 3.63) is 80.7 Å². The maximum absolute atomic E-state index is 13.1. The first-order chi connectivity index (χ1) is 15.5. The van der Waals surface area contributed by atoms with Gasteiger partial charge in [-0.3, -0.25) is 9.69 Å². The van der Waals surface area contributed by atoms with Crippen LogP contribution in [0, 0.1) is 13.8 Å². The molecule has 1 saturated carbocycles. The highest BCUT2D eigenvalue weighted by Crippen LogP contribution is 2.36. The molecule has 2 aromatic carbocycles. The molecule has 0 atom stereocenters. The number of thiophene rings is 1. The van der Waals surface area contributed by atoms with E-state index in [-0.39, 0.29) is 5.56 Å². The lowest BCUT2D eigenvalue weighted by atomic mass is 10.0. The summed E-state index contributed by atoms with van der Waals surface area (Å²) >= 11 is 1.60. The summed E-state index contributed by atoms with van der Waals surface area (Å²) in [6, 6.07) is 17.1. The van der Waals surface area contributed by atoms with Crippen LogP contribution in [0.3, 0.4) is 0 Å². The molecule has 4 aromatic rings. The van der Waals surface area contributed by atoms with Crippen molar-refractivity contribution in [1.82, 2.24) is 14.9 Å². The van der Waals surface area contributed by atoms with Gasteiger partial charge in [0, 0.05) is 23.0 Å². The van der Waals surface area contributed by atoms with E-state index in [0.717, 1.165) is 39.0 Å². The van der Waals surface area contributed by atoms with E-state index in [1.165, 1.54) is 24.0 Å². The molecule has 1 aliphatic carbocycles. The quantitative estimate of drug-likeness (QED) is 0.411. The molecule has 164 valence electrons. The highest BCUT2D eigenvalue weighted by molar-refractivity contribution is 7.19. The second-order valence-electron chi connectivity index (χ2n) is 8.58. The molecular formula is C26H27N3O2S. The SMILES string of the molecule is COc1ccc(CN(Cc2nc3sc(C)c(-c4ccc(C)cc4)c3c(=O)[nH]2)C2CC2)cc1. The monoisotopic (exact) mass is 445 g/mol. The van der Waals surface area contributed by atoms with Crippen LogP contribution < -0.4 is 10.3 Å². The normalized spacial score (nSPS) is 13.8. The van der Waals surface area contributed by atoms with Gasteiger partial charge in [-0.25, -0.2) is 4.98 Å². The molecule has 32 heavy (non-hydrogen) atoms. The van der Waals surface area contributed by atoms with E-state index in [4.69, 9.17) is 9.72 Å². The van der Waals surface area contributed by atoms with Crippen LogP contribution in [0.2, 0.25) is 0 Å². The lowest BCUT2D eigenvalue weighted by Gasteiger charge is -2.21. The molecule has 0 unspecified atom stereocenters. The molecule has 0 bridgehead atoms. The fourth-order valence-electron chi connectivity index (χ4n) is 4.22. The maximum Gasteiger partial charge on any atom is 0.260 e. The number of fused-ring (bicyclic) bond motifs is 1. The molecule has 1 fully saturated rings. The van der Waals surface area contributed by atoms with Crippen LogP contribution in [0.15, 0.2) is 53.3 Å². The van der Waals surface area contributed by atoms with Crippen molar-refractivity contribution in [3.63, 3.8) is 0 Å². The van der Waals surface area contributed by atoms with E-state index in [9.17, 15) is 4.79 Å². The number of ether oxygens (including phenoxy) is 1. The second kappa shape index (κ2) is 8.52. The number of rotatable bonds is 7. The Morgan fingerprint density at radius 2 is 1.78 bits per heavy atom. The molecule has 6 heteroatoms. The Kier molecular flexibility index (Phi) is 5.57. The van der Waals surface area contributed by atoms with E-state index in [1.54, 1.807) is 18.4 Å². The zero-order valence-corrected chi connectivity index (χ0v) is 19.5. The molecule has 0 saturated heterocycles. The highest BCUT2D eigenvalue weighted by Gasteiger charge is 2.30. The number of nitrogens with one attached hydrogen (secondary N) is 1. The lowest BCUT2D eigenvalue weighted by molar-refractivity contribution is 0.239. The van der Waals surface area contributed by atoms with Crippen molar-refractivity contribution in [2.75, 3.05) is 7.11 Å². The van der Waals surface area contributed by atoms with Gasteiger partial charge < -0.3 is 9.72 Å². The van der Waals surface area contributed by atoms with Gasteiger partial charge in [0.05, 0.1) is 19.0 Å². The summed E-state index contributed by atoms with van der Waals surface area (Å²) in [5, 5.41) is 0.702. The van der Waals surface area contributed by atoms with Gasteiger partial charge in [-0.15, -0.1) is 11.3 Å². The number of benzene rings is 2. The summed E-state index contributed by atoms with van der Waals surface area (Å²) < 4.78 is 5.27. The predicted molar refractivity (Wildman–Crippen MR) is 130 cm³/mol. The van der Waals surface area contributed by atoms with Gasteiger partial charge in [-0.05, 0) is 49.9 Å². The zero-order valence-electron chi connectivity index (χ0n) is 18.6. The standard InChI is InChI=1S/C26H27N3O2S/c1-16-4-8-19(9-5-16)23-17(2)32-26-24(23)25(30)27-22(28-26)15-29(20-10-11-20)14-18-6-12-21(31-3)13-7-18/h4-9,12-13,20H,10-11,14-15H2,1-3H3,(H,27,28,30). The fourth-order valence-corrected chi connectivity index (χ4v) is 5.28. The first-order valence-corrected chi connectivity index (χ1v) is 11.8. The molecule has 5 nitrogen and oxygen atoms in total. The second-order valence-corrected chi connectivity index (χ2v) is 9.78. The maximum atomic E-state index is 13.1. The molecule has 0 amide bonds. The Balaban J connectivity index is 1.45. The third-order valence-electron chi connectivity index (χ3n) is 6.09. The number of hydrogen-bond acceptors (Lipinski definition) is 5. The van der Waals surface area contributed by atoms with Crippen LogP contribution in [-0.4, -0.2) is 28.0 Å². The Morgan fingerprint density at radius 1 is 1.06 bits per heavy atom. The molecule has 1 N–H and O–H groups in total. The summed E-state index contributed by atoms with van der Waals surface area (Å²) in [5.41, 5.74) is 4.46. The summed E-state index contributed by atoms with van der Waals surface area (Å²) in [5.74, 6) is 1.60. The average molecular weight is 446 g/mol. The molecule has 5 rings (SSSR count). The average Bonchev–Trinajstić information content (AvgIpc) is 3.57. The van der Waals surface area contributed by atoms with Crippen LogP contribution in [0.4, 0.5) is 0 Å². The number of H-pyrrole nitrogens is 1. The van der Waals surface area contributed by atoms with Crippen molar-refractivity contribution in [3.8, 4) is 16.9 Å². The van der Waals surface area contributed by atoms with E-state index in [0.29, 0.717) is 18.0 Å². The van der Waals surface area contributed by atoms with Crippen molar-refractivity contribution in [2.24, 2.45) is 0 Å². The summed E-state index contributed by atoms with van der Waals surface area (Å²) in [6.07, 6.45) is 2.39. The molecule has 0 aliphatic heterocycles. The predicted octanol–water partition coefficient (Wildman–Crippen LogP) is 5.44. The molecule has 0 spiro atoms. The third kappa shape index (κ3) is 4.20. The van der Waals surface area contributed by atoms with Gasteiger partial charge in [-0.2, -0.15) is 0 Å². The number of hydrogen-bond donors (Lipinski definition) is 1. The van der Waals surface area contributed by atoms with Crippen molar-refractivity contribution < 1.29 is 4.74 Å². The molecule has 2 heterocycles. The van der Waals surface area contributed by atoms with Crippen LogP contribution in [-0.2, 0) is 13.1 Å². The zero-order chi connectivity index (χ0) is 22.2. The first-order valence-electron chi connectivity index (χ1n) is 11.0. The van der Waals surface area contributed by atoms with E-state index < -0.39 is 0 Å². The van der Waals surface area contributed by atoms with Gasteiger partial charge in [0.2, 0.25) is 0 Å². The number of nitrogens with zero attached hydrogens (tertiary/aromatic N) is 2. The number of aryl methyl sites for hydroxylation is 2. The minimum absolute atomic E-state index is 0.0508. The van der Waals surface area contributed by atoms with Gasteiger partial charge >= 0.3 is 0 Å². The van der Waals surface area contributed by atoms with E-state index in [1.807, 2.05) is 12.1 Å². The lowest BCUT2D eigenvalue weighted by Crippen LogP contribution is -2.27. The van der Waals surface area contributed by atoms with E-state index >= 15 is 0 Å². The minimum atomic E-state index is -0.0508. The fraction of sp³-hybridized carbons (Fsp3) is 0.308. The van der Waals surface area contributed by atoms with E-state index in [2.05, 4.69) is 60.1 Å². The Labute approximate surface area is 191 Å². The Hall–Kier alpha value is -2.96. The largest absolute Gasteiger partial charge is 0.497 e. The van der Waals surface area contributed by atoms with Crippen molar-refractivity contribution >= 4 is 21.6 Å². The van der Waals surface area contributed by atoms with Crippen molar-refractivity contribution in [1.29, 1.82) is 0 Å². The number of methoxy groups -OCH3 is 1. The third-order valence-corrected chi connectivity index (χ3v) is 7.09. The minimum Gasteiger partial charge on any atom is -0.497 e. The summed E-state index contributed by atoms with van der Waals surface area (Å²) in [7, 11) is 1.68. The summed E-state index contributed by atoms with van der Waals surface area (Å²) in [4.78, 5) is 25.5. The Morgan fingerprint density at radius 3 is 2.44 bits per heavy atom. The van der Waals surface area contributed by atoms with Gasteiger partial charge in [-0.1, -0.05) is 42.0 Å². The summed E-state index contributed by atoms with van der Waals surface area (Å²) in [6.45, 7) is 5.61. The first kappa shape index (κ1) is 20.9. The van der Waals surface area contributed by atoms with Gasteiger partial charge in [0.1, 0.15) is 16.4 Å². The Bertz CT molecular complexity index is 1300. The molecule has 2 aromatic heterocycles. The van der Waals surface area contributed by atoms with Crippen LogP contribution >= 0.6 is 11.3 Å². The number of aromatic amines is 1. The van der Waals surface area contributed by atoms with Crippen LogP contribution in [0.25, 0.3) is 21.3 Å². The molecular weight excluding hydrogens is 418 g/mol.